The van der Waals surface area contributed by atoms with Crippen LogP contribution >= 0.6 is 0 Å². The van der Waals surface area contributed by atoms with E-state index >= 15 is 0 Å². The maximum Gasteiger partial charge on any atom is 0.410 e. The highest BCUT2D eigenvalue weighted by Crippen LogP contribution is 2.28. The summed E-state index contributed by atoms with van der Waals surface area (Å²) in [4.78, 5) is 22.0. The number of carbonyl (C=O) groups excluding carboxylic acids is 1. The monoisotopic (exact) mass is 341 g/mol. The van der Waals surface area contributed by atoms with Crippen LogP contribution in [0, 0.1) is 6.92 Å². The second-order valence-electron chi connectivity index (χ2n) is 7.79. The number of hydrogen-bond acceptors (Lipinski definition) is 3. The Morgan fingerprint density at radius 3 is 2.44 bits per heavy atom. The molecule has 1 N–H and O–H groups in total. The van der Waals surface area contributed by atoms with E-state index < -0.39 is 5.60 Å². The highest BCUT2D eigenvalue weighted by atomic mass is 16.6. The molecule has 3 rings (SSSR count). The largest absolute Gasteiger partial charge is 0.444 e. The number of nitrogens with zero attached hydrogens (tertiary/aromatic N) is 2. The molecule has 2 aromatic rings. The molecule has 25 heavy (non-hydrogen) atoms. The lowest BCUT2D eigenvalue weighted by atomic mass is 9.96. The summed E-state index contributed by atoms with van der Waals surface area (Å²) in [5.41, 5.74) is 3.00. The van der Waals surface area contributed by atoms with Gasteiger partial charge in [0.1, 0.15) is 11.4 Å². The summed E-state index contributed by atoms with van der Waals surface area (Å²) >= 11 is 0. The molecule has 1 amide bonds. The van der Waals surface area contributed by atoms with E-state index in [0.717, 1.165) is 29.9 Å². The molecule has 1 aromatic carbocycles. The number of amides is 1. The van der Waals surface area contributed by atoms with E-state index in [9.17, 15) is 4.79 Å². The molecular formula is C20H27N3O2. The number of ether oxygens (including phenoxy) is 1. The van der Waals surface area contributed by atoms with Crippen LogP contribution in [0.2, 0.25) is 0 Å². The summed E-state index contributed by atoms with van der Waals surface area (Å²) in [6, 6.07) is 8.43. The summed E-state index contributed by atoms with van der Waals surface area (Å²) in [6.07, 6.45) is 3.49. The summed E-state index contributed by atoms with van der Waals surface area (Å²) < 4.78 is 5.45. The number of aromatic amines is 1. The topological polar surface area (TPSA) is 58.2 Å². The number of piperidine rings is 1. The summed E-state index contributed by atoms with van der Waals surface area (Å²) in [5, 5.41) is 0. The molecule has 134 valence electrons. The molecule has 1 saturated heterocycles. The van der Waals surface area contributed by atoms with Crippen LogP contribution in [0.25, 0.3) is 11.3 Å². The average molecular weight is 341 g/mol. The molecule has 5 nitrogen and oxygen atoms in total. The first-order chi connectivity index (χ1) is 11.8. The van der Waals surface area contributed by atoms with Crippen molar-refractivity contribution in [3.05, 3.63) is 41.9 Å². The molecule has 0 saturated carbocycles. The van der Waals surface area contributed by atoms with Gasteiger partial charge in [-0.1, -0.05) is 29.8 Å². The Morgan fingerprint density at radius 2 is 1.84 bits per heavy atom. The van der Waals surface area contributed by atoms with Gasteiger partial charge in [0.2, 0.25) is 0 Å². The van der Waals surface area contributed by atoms with E-state index in [2.05, 4.69) is 41.2 Å². The first-order valence-corrected chi connectivity index (χ1v) is 8.92. The zero-order chi connectivity index (χ0) is 18.0. The van der Waals surface area contributed by atoms with E-state index in [4.69, 9.17) is 4.74 Å². The van der Waals surface area contributed by atoms with Gasteiger partial charge in [-0.05, 0) is 46.1 Å². The number of H-pyrrole nitrogens is 1. The molecule has 1 aromatic heterocycles. The van der Waals surface area contributed by atoms with Crippen molar-refractivity contribution in [2.45, 2.75) is 52.1 Å². The zero-order valence-electron chi connectivity index (χ0n) is 15.5. The number of hydrogen-bond donors (Lipinski definition) is 1. The standard InChI is InChI=1S/C20H27N3O2/c1-14-5-7-15(8-6-14)17-13-21-18(22-17)16-9-11-23(12-10-16)19(24)25-20(2,3)4/h5-8,13,16H,9-12H2,1-4H3,(H,21,22). The third-order valence-corrected chi connectivity index (χ3v) is 4.49. The van der Waals surface area contributed by atoms with Crippen LogP contribution in [-0.4, -0.2) is 39.7 Å². The van der Waals surface area contributed by atoms with Gasteiger partial charge >= 0.3 is 6.09 Å². The fourth-order valence-corrected chi connectivity index (χ4v) is 3.09. The van der Waals surface area contributed by atoms with Crippen LogP contribution in [0.3, 0.4) is 0 Å². The van der Waals surface area contributed by atoms with Gasteiger partial charge in [0, 0.05) is 19.0 Å². The van der Waals surface area contributed by atoms with Crippen LogP contribution in [0.1, 0.15) is 50.9 Å². The van der Waals surface area contributed by atoms with Crippen molar-refractivity contribution in [1.29, 1.82) is 0 Å². The van der Waals surface area contributed by atoms with E-state index in [-0.39, 0.29) is 6.09 Å². The van der Waals surface area contributed by atoms with E-state index in [1.807, 2.05) is 27.0 Å². The predicted octanol–water partition coefficient (Wildman–Crippen LogP) is 4.50. The maximum atomic E-state index is 12.2. The van der Waals surface area contributed by atoms with Crippen LogP contribution in [-0.2, 0) is 4.74 Å². The predicted molar refractivity (Wildman–Crippen MR) is 98.5 cm³/mol. The molecule has 0 bridgehead atoms. The first kappa shape index (κ1) is 17.5. The molecule has 0 atom stereocenters. The number of imidazole rings is 1. The molecule has 0 radical (unpaired) electrons. The van der Waals surface area contributed by atoms with Gasteiger partial charge in [-0.2, -0.15) is 0 Å². The van der Waals surface area contributed by atoms with Crippen LogP contribution in [0.5, 0.6) is 0 Å². The highest BCUT2D eigenvalue weighted by Gasteiger charge is 2.28. The number of carbonyl (C=O) groups is 1. The Balaban J connectivity index is 1.60. The lowest BCUT2D eigenvalue weighted by molar-refractivity contribution is 0.0203. The minimum Gasteiger partial charge on any atom is -0.444 e. The molecular weight excluding hydrogens is 314 g/mol. The van der Waals surface area contributed by atoms with Crippen molar-refractivity contribution in [3.63, 3.8) is 0 Å². The SMILES string of the molecule is Cc1ccc(-c2cnc(C3CCN(C(=O)OC(C)(C)C)CC3)[nH]2)cc1. The van der Waals surface area contributed by atoms with E-state index in [1.54, 1.807) is 4.90 Å². The van der Waals surface area contributed by atoms with Crippen LogP contribution in [0.15, 0.2) is 30.5 Å². The Bertz CT molecular complexity index is 720. The van der Waals surface area contributed by atoms with Gasteiger partial charge in [0.25, 0.3) is 0 Å². The lowest BCUT2D eigenvalue weighted by Gasteiger charge is -2.32. The fraction of sp³-hybridized carbons (Fsp3) is 0.500. The Kier molecular flexibility index (Phi) is 4.84. The highest BCUT2D eigenvalue weighted by molar-refractivity contribution is 5.68. The van der Waals surface area contributed by atoms with Crippen molar-refractivity contribution in [2.24, 2.45) is 0 Å². The maximum absolute atomic E-state index is 12.2. The number of aromatic nitrogens is 2. The van der Waals surface area contributed by atoms with Crippen molar-refractivity contribution < 1.29 is 9.53 Å². The summed E-state index contributed by atoms with van der Waals surface area (Å²) in [5.74, 6) is 1.37. The number of rotatable bonds is 2. The number of aryl methyl sites for hydroxylation is 1. The smallest absolute Gasteiger partial charge is 0.410 e. The molecule has 1 aliphatic heterocycles. The van der Waals surface area contributed by atoms with Crippen molar-refractivity contribution in [1.82, 2.24) is 14.9 Å². The second-order valence-corrected chi connectivity index (χ2v) is 7.79. The lowest BCUT2D eigenvalue weighted by Crippen LogP contribution is -2.41. The number of benzene rings is 1. The van der Waals surface area contributed by atoms with Gasteiger partial charge in [-0.3, -0.25) is 0 Å². The fourth-order valence-electron chi connectivity index (χ4n) is 3.09. The van der Waals surface area contributed by atoms with Crippen molar-refractivity contribution in [3.8, 4) is 11.3 Å². The summed E-state index contributed by atoms with van der Waals surface area (Å²) in [6.45, 7) is 9.19. The van der Waals surface area contributed by atoms with Gasteiger partial charge in [0.15, 0.2) is 0 Å². The van der Waals surface area contributed by atoms with Gasteiger partial charge in [-0.15, -0.1) is 0 Å². The number of nitrogens with one attached hydrogen (secondary N) is 1. The quantitative estimate of drug-likeness (QED) is 0.875. The Morgan fingerprint density at radius 1 is 1.20 bits per heavy atom. The average Bonchev–Trinajstić information content (AvgIpc) is 3.04. The zero-order valence-corrected chi connectivity index (χ0v) is 15.5. The minimum absolute atomic E-state index is 0.217. The molecule has 2 heterocycles. The van der Waals surface area contributed by atoms with E-state index in [0.29, 0.717) is 19.0 Å². The summed E-state index contributed by atoms with van der Waals surface area (Å²) in [7, 11) is 0. The molecule has 0 aliphatic carbocycles. The van der Waals surface area contributed by atoms with E-state index in [1.165, 1.54) is 5.56 Å². The number of likely N-dealkylation sites (tertiary alicyclic amines) is 1. The minimum atomic E-state index is -0.447. The third kappa shape index (κ3) is 4.41. The third-order valence-electron chi connectivity index (χ3n) is 4.49. The molecule has 0 unspecified atom stereocenters. The van der Waals surface area contributed by atoms with Crippen molar-refractivity contribution >= 4 is 6.09 Å². The van der Waals surface area contributed by atoms with Gasteiger partial charge < -0.3 is 14.6 Å². The van der Waals surface area contributed by atoms with Gasteiger partial charge in [-0.25, -0.2) is 9.78 Å². The first-order valence-electron chi connectivity index (χ1n) is 8.92. The second kappa shape index (κ2) is 6.90. The molecule has 1 fully saturated rings. The molecule has 1 aliphatic rings. The Labute approximate surface area is 149 Å². The van der Waals surface area contributed by atoms with Crippen LogP contribution < -0.4 is 0 Å². The molecule has 0 spiro atoms. The van der Waals surface area contributed by atoms with Crippen LogP contribution in [0.4, 0.5) is 4.79 Å². The van der Waals surface area contributed by atoms with Crippen molar-refractivity contribution in [2.75, 3.05) is 13.1 Å². The Hall–Kier alpha value is -2.30. The normalized spacial score (nSPS) is 16.1. The molecule has 5 heteroatoms. The van der Waals surface area contributed by atoms with Gasteiger partial charge in [0.05, 0.1) is 11.9 Å².